The molecule has 5 nitrogen and oxygen atoms in total. The van der Waals surface area contributed by atoms with E-state index in [1.54, 1.807) is 31.2 Å². The molecule has 5 heteroatoms. The number of benzene rings is 2. The number of rotatable bonds is 6. The van der Waals surface area contributed by atoms with E-state index in [0.29, 0.717) is 17.9 Å². The van der Waals surface area contributed by atoms with Crippen LogP contribution in [0.25, 0.3) is 0 Å². The van der Waals surface area contributed by atoms with Gasteiger partial charge in [0.25, 0.3) is 0 Å². The number of carbonyl (C=O) groups excluding carboxylic acids is 2. The molecule has 152 valence electrons. The lowest BCUT2D eigenvalue weighted by molar-refractivity contribution is 0.0526. The Morgan fingerprint density at radius 1 is 0.929 bits per heavy atom. The first kappa shape index (κ1) is 23.2. The smallest absolute Gasteiger partial charge is 0.338 e. The minimum Gasteiger partial charge on any atom is -0.462 e. The first-order valence-corrected chi connectivity index (χ1v) is 9.79. The molecule has 0 saturated heterocycles. The third-order valence-corrected chi connectivity index (χ3v) is 3.38. The van der Waals surface area contributed by atoms with Crippen molar-refractivity contribution in [3.63, 3.8) is 0 Å². The molecule has 0 saturated carbocycles. The van der Waals surface area contributed by atoms with Crippen molar-refractivity contribution in [1.82, 2.24) is 0 Å². The van der Waals surface area contributed by atoms with Crippen LogP contribution in [0.15, 0.2) is 48.5 Å². The Balaban J connectivity index is 0.000000892. The quantitative estimate of drug-likeness (QED) is 0.589. The van der Waals surface area contributed by atoms with E-state index < -0.39 is 0 Å². The largest absolute Gasteiger partial charge is 0.462 e. The van der Waals surface area contributed by atoms with Gasteiger partial charge >= 0.3 is 12.0 Å². The molecule has 2 amide bonds. The zero-order valence-electron chi connectivity index (χ0n) is 17.5. The van der Waals surface area contributed by atoms with Gasteiger partial charge in [-0.25, -0.2) is 9.59 Å². The first-order valence-electron chi connectivity index (χ1n) is 9.79. The van der Waals surface area contributed by atoms with E-state index in [2.05, 4.69) is 38.3 Å². The molecule has 0 spiro atoms. The van der Waals surface area contributed by atoms with Gasteiger partial charge in [0.1, 0.15) is 0 Å². The lowest BCUT2D eigenvalue weighted by Crippen LogP contribution is -2.19. The fraction of sp³-hybridized carbons (Fsp3) is 0.391. The summed E-state index contributed by atoms with van der Waals surface area (Å²) in [6, 6.07) is 14.0. The molecule has 2 aromatic rings. The van der Waals surface area contributed by atoms with Crippen LogP contribution in [0.5, 0.6) is 0 Å². The lowest BCUT2D eigenvalue weighted by Gasteiger charge is -2.09. The maximum Gasteiger partial charge on any atom is 0.338 e. The molecule has 0 unspecified atom stereocenters. The fourth-order valence-electron chi connectivity index (χ4n) is 2.29. The SMILES string of the molecule is CC(C)C.CCCc1cccc(NC(=O)Nc2ccc(C(=O)OCC)cc2)c1. The Labute approximate surface area is 168 Å². The van der Waals surface area contributed by atoms with Gasteiger partial charge in [0.2, 0.25) is 0 Å². The summed E-state index contributed by atoms with van der Waals surface area (Å²) in [5.41, 5.74) is 3.00. The summed E-state index contributed by atoms with van der Waals surface area (Å²) in [5, 5.41) is 5.54. The number of ether oxygens (including phenoxy) is 1. The Hall–Kier alpha value is -2.82. The molecular formula is C23H32N2O3. The highest BCUT2D eigenvalue weighted by Gasteiger charge is 2.07. The first-order chi connectivity index (χ1) is 13.3. The highest BCUT2D eigenvalue weighted by atomic mass is 16.5. The molecule has 0 aliphatic rings. The predicted molar refractivity (Wildman–Crippen MR) is 116 cm³/mol. The Bertz CT molecular complexity index is 737. The normalized spacial score (nSPS) is 9.93. The third kappa shape index (κ3) is 9.21. The number of carbonyl (C=O) groups is 2. The highest BCUT2D eigenvalue weighted by Crippen LogP contribution is 2.14. The van der Waals surface area contributed by atoms with E-state index >= 15 is 0 Å². The molecule has 0 aliphatic carbocycles. The van der Waals surface area contributed by atoms with Crippen LogP contribution in [0.3, 0.4) is 0 Å². The molecule has 2 rings (SSSR count). The number of urea groups is 1. The van der Waals surface area contributed by atoms with Gasteiger partial charge in [-0.1, -0.05) is 46.2 Å². The lowest BCUT2D eigenvalue weighted by atomic mass is 10.1. The molecule has 0 atom stereocenters. The average Bonchev–Trinajstić information content (AvgIpc) is 2.62. The molecule has 2 N–H and O–H groups in total. The van der Waals surface area contributed by atoms with Gasteiger partial charge in [-0.05, 0) is 61.2 Å². The summed E-state index contributed by atoms with van der Waals surface area (Å²) in [4.78, 5) is 23.6. The fourth-order valence-corrected chi connectivity index (χ4v) is 2.29. The molecule has 0 bridgehead atoms. The van der Waals surface area contributed by atoms with Crippen molar-refractivity contribution in [2.24, 2.45) is 5.92 Å². The van der Waals surface area contributed by atoms with E-state index in [-0.39, 0.29) is 12.0 Å². The molecule has 0 aliphatic heterocycles. The van der Waals surface area contributed by atoms with Crippen LogP contribution in [-0.2, 0) is 11.2 Å². The summed E-state index contributed by atoms with van der Waals surface area (Å²) in [6.07, 6.45) is 2.04. The van der Waals surface area contributed by atoms with Crippen molar-refractivity contribution >= 4 is 23.4 Å². The number of anilines is 2. The molecule has 0 fully saturated rings. The zero-order chi connectivity index (χ0) is 20.9. The van der Waals surface area contributed by atoms with Crippen molar-refractivity contribution < 1.29 is 14.3 Å². The predicted octanol–water partition coefficient (Wildman–Crippen LogP) is 6.12. The zero-order valence-corrected chi connectivity index (χ0v) is 17.5. The summed E-state index contributed by atoms with van der Waals surface area (Å²) in [7, 11) is 0. The molecule has 2 aromatic carbocycles. The second-order valence-electron chi connectivity index (χ2n) is 7.06. The molecule has 0 radical (unpaired) electrons. The van der Waals surface area contributed by atoms with Crippen molar-refractivity contribution in [2.75, 3.05) is 17.2 Å². The van der Waals surface area contributed by atoms with Crippen molar-refractivity contribution in [2.45, 2.75) is 47.5 Å². The van der Waals surface area contributed by atoms with Gasteiger partial charge in [-0.3, -0.25) is 0 Å². The summed E-state index contributed by atoms with van der Waals surface area (Å²) < 4.78 is 4.92. The summed E-state index contributed by atoms with van der Waals surface area (Å²) in [6.45, 7) is 10.7. The second-order valence-corrected chi connectivity index (χ2v) is 7.06. The van der Waals surface area contributed by atoms with Gasteiger partial charge in [-0.15, -0.1) is 0 Å². The minimum absolute atomic E-state index is 0.326. The van der Waals surface area contributed by atoms with E-state index in [4.69, 9.17) is 4.74 Å². The molecule has 0 aromatic heterocycles. The van der Waals surface area contributed by atoms with E-state index in [1.165, 1.54) is 5.56 Å². The molecular weight excluding hydrogens is 352 g/mol. The average molecular weight is 385 g/mol. The Kier molecular flexibility index (Phi) is 10.4. The van der Waals surface area contributed by atoms with Gasteiger partial charge in [0, 0.05) is 11.4 Å². The van der Waals surface area contributed by atoms with Crippen LogP contribution < -0.4 is 10.6 Å². The summed E-state index contributed by atoms with van der Waals surface area (Å²) >= 11 is 0. The van der Waals surface area contributed by atoms with Gasteiger partial charge < -0.3 is 15.4 Å². The second kappa shape index (κ2) is 12.5. The number of esters is 1. The van der Waals surface area contributed by atoms with E-state index in [0.717, 1.165) is 24.4 Å². The summed E-state index contributed by atoms with van der Waals surface area (Å²) in [5.74, 6) is 0.459. The van der Waals surface area contributed by atoms with Crippen LogP contribution in [-0.4, -0.2) is 18.6 Å². The van der Waals surface area contributed by atoms with Crippen molar-refractivity contribution in [3.05, 3.63) is 59.7 Å². The van der Waals surface area contributed by atoms with Crippen molar-refractivity contribution in [1.29, 1.82) is 0 Å². The van der Waals surface area contributed by atoms with Gasteiger partial charge in [-0.2, -0.15) is 0 Å². The van der Waals surface area contributed by atoms with Crippen LogP contribution in [0.4, 0.5) is 16.2 Å². The number of aryl methyl sites for hydroxylation is 1. The maximum atomic E-state index is 12.1. The van der Waals surface area contributed by atoms with E-state index in [1.807, 2.05) is 24.3 Å². The molecule has 0 heterocycles. The topological polar surface area (TPSA) is 67.4 Å². The standard InChI is InChI=1S/C19H22N2O3.C4H10/c1-3-6-14-7-5-8-17(13-14)21-19(23)20-16-11-9-15(10-12-16)18(22)24-4-2;1-4(2)3/h5,7-13H,3-4,6H2,1-2H3,(H2,20,21,23);4H,1-3H3. The third-order valence-electron chi connectivity index (χ3n) is 3.38. The van der Waals surface area contributed by atoms with Crippen molar-refractivity contribution in [3.8, 4) is 0 Å². The maximum absolute atomic E-state index is 12.1. The van der Waals surface area contributed by atoms with Crippen LogP contribution in [0.1, 0.15) is 57.0 Å². The Morgan fingerprint density at radius 3 is 2.11 bits per heavy atom. The number of hydrogen-bond donors (Lipinski definition) is 2. The van der Waals surface area contributed by atoms with Crippen LogP contribution in [0.2, 0.25) is 0 Å². The number of hydrogen-bond acceptors (Lipinski definition) is 3. The molecule has 28 heavy (non-hydrogen) atoms. The van der Waals surface area contributed by atoms with Crippen LogP contribution >= 0.6 is 0 Å². The minimum atomic E-state index is -0.374. The number of nitrogens with one attached hydrogen (secondary N) is 2. The van der Waals surface area contributed by atoms with E-state index in [9.17, 15) is 9.59 Å². The van der Waals surface area contributed by atoms with Gasteiger partial charge in [0.15, 0.2) is 0 Å². The Morgan fingerprint density at radius 2 is 1.54 bits per heavy atom. The van der Waals surface area contributed by atoms with Crippen LogP contribution in [0, 0.1) is 5.92 Å². The monoisotopic (exact) mass is 384 g/mol. The highest BCUT2D eigenvalue weighted by molar-refractivity contribution is 6.00. The van der Waals surface area contributed by atoms with Gasteiger partial charge in [0.05, 0.1) is 12.2 Å². The number of amides is 2.